The van der Waals surface area contributed by atoms with Crippen LogP contribution in [-0.4, -0.2) is 0 Å². The molecule has 22 heavy (non-hydrogen) atoms. The van der Waals surface area contributed by atoms with Gasteiger partial charge in [-0.05, 0) is 47.2 Å². The Morgan fingerprint density at radius 2 is 1.64 bits per heavy atom. The molecule has 1 aliphatic rings. The van der Waals surface area contributed by atoms with E-state index in [2.05, 4.69) is 31.3 Å². The molecule has 2 aromatic carbocycles. The average Bonchev–Trinajstić information content (AvgIpc) is 2.70. The lowest BCUT2D eigenvalue weighted by atomic mass is 9.86. The molecule has 4 heteroatoms. The summed E-state index contributed by atoms with van der Waals surface area (Å²) >= 11 is 0. The summed E-state index contributed by atoms with van der Waals surface area (Å²) in [5.41, 5.74) is 2.70. The maximum absolute atomic E-state index is 12.6. The molecular formula is C18H18F3N. The highest BCUT2D eigenvalue weighted by Gasteiger charge is 2.36. The summed E-state index contributed by atoms with van der Waals surface area (Å²) in [7, 11) is 0. The van der Waals surface area contributed by atoms with E-state index in [-0.39, 0.29) is 11.5 Å². The Bertz CT molecular complexity index is 671. The number of nitrogens with one attached hydrogen (secondary N) is 1. The Hall–Kier alpha value is -1.97. The number of anilines is 1. The highest BCUT2D eigenvalue weighted by Crippen LogP contribution is 2.45. The predicted octanol–water partition coefficient (Wildman–Crippen LogP) is 5.54. The van der Waals surface area contributed by atoms with Gasteiger partial charge in [0.2, 0.25) is 0 Å². The molecular weight excluding hydrogens is 287 g/mol. The Morgan fingerprint density at radius 3 is 2.27 bits per heavy atom. The molecule has 0 aromatic heterocycles. The van der Waals surface area contributed by atoms with E-state index in [0.717, 1.165) is 18.6 Å². The van der Waals surface area contributed by atoms with Gasteiger partial charge >= 0.3 is 6.18 Å². The SMILES string of the molecule is CC1(C)CC(Nc2ccc(C(F)(F)F)cc2)c2ccccc21. The summed E-state index contributed by atoms with van der Waals surface area (Å²) < 4.78 is 37.8. The molecule has 1 aliphatic carbocycles. The lowest BCUT2D eigenvalue weighted by Crippen LogP contribution is -2.14. The summed E-state index contributed by atoms with van der Waals surface area (Å²) in [4.78, 5) is 0. The van der Waals surface area contributed by atoms with E-state index in [1.165, 1.54) is 23.3 Å². The van der Waals surface area contributed by atoms with Crippen molar-refractivity contribution in [3.05, 3.63) is 65.2 Å². The van der Waals surface area contributed by atoms with Crippen molar-refractivity contribution in [2.45, 2.75) is 37.9 Å². The average molecular weight is 305 g/mol. The summed E-state index contributed by atoms with van der Waals surface area (Å²) in [6.07, 6.45) is -3.37. The smallest absolute Gasteiger partial charge is 0.378 e. The lowest BCUT2D eigenvalue weighted by molar-refractivity contribution is -0.137. The normalized spacial score (nSPS) is 19.8. The van der Waals surface area contributed by atoms with Gasteiger partial charge in [-0.1, -0.05) is 38.1 Å². The van der Waals surface area contributed by atoms with Gasteiger partial charge in [-0.2, -0.15) is 13.2 Å². The highest BCUT2D eigenvalue weighted by atomic mass is 19.4. The molecule has 0 spiro atoms. The van der Waals surface area contributed by atoms with E-state index in [0.29, 0.717) is 5.69 Å². The topological polar surface area (TPSA) is 12.0 Å². The van der Waals surface area contributed by atoms with Gasteiger partial charge in [-0.15, -0.1) is 0 Å². The molecule has 0 amide bonds. The number of halogens is 3. The zero-order valence-corrected chi connectivity index (χ0v) is 12.5. The van der Waals surface area contributed by atoms with Crippen LogP contribution in [0.25, 0.3) is 0 Å². The maximum Gasteiger partial charge on any atom is 0.416 e. The van der Waals surface area contributed by atoms with Gasteiger partial charge in [0, 0.05) is 5.69 Å². The van der Waals surface area contributed by atoms with Gasteiger partial charge < -0.3 is 5.32 Å². The molecule has 0 heterocycles. The van der Waals surface area contributed by atoms with Crippen LogP contribution in [0.1, 0.15) is 43.0 Å². The zero-order valence-electron chi connectivity index (χ0n) is 12.5. The van der Waals surface area contributed by atoms with Gasteiger partial charge in [0.25, 0.3) is 0 Å². The number of fused-ring (bicyclic) bond motifs is 1. The van der Waals surface area contributed by atoms with Crippen LogP contribution in [0.3, 0.4) is 0 Å². The molecule has 0 saturated carbocycles. The third kappa shape index (κ3) is 2.70. The third-order valence-electron chi connectivity index (χ3n) is 4.33. The molecule has 116 valence electrons. The Kier molecular flexibility index (Phi) is 3.42. The van der Waals surface area contributed by atoms with Crippen molar-refractivity contribution in [3.63, 3.8) is 0 Å². The van der Waals surface area contributed by atoms with Gasteiger partial charge in [0.1, 0.15) is 0 Å². The van der Waals surface area contributed by atoms with E-state index in [9.17, 15) is 13.2 Å². The molecule has 0 bridgehead atoms. The molecule has 1 unspecified atom stereocenters. The fourth-order valence-electron chi connectivity index (χ4n) is 3.23. The van der Waals surface area contributed by atoms with E-state index >= 15 is 0 Å². The van der Waals surface area contributed by atoms with Gasteiger partial charge in [-0.25, -0.2) is 0 Å². The van der Waals surface area contributed by atoms with Gasteiger partial charge in [0.05, 0.1) is 11.6 Å². The Labute approximate surface area is 128 Å². The van der Waals surface area contributed by atoms with Crippen LogP contribution in [-0.2, 0) is 11.6 Å². The van der Waals surface area contributed by atoms with Crippen molar-refractivity contribution >= 4 is 5.69 Å². The second-order valence-corrected chi connectivity index (χ2v) is 6.45. The van der Waals surface area contributed by atoms with E-state index < -0.39 is 11.7 Å². The number of rotatable bonds is 2. The van der Waals surface area contributed by atoms with Gasteiger partial charge in [-0.3, -0.25) is 0 Å². The minimum atomic E-state index is -4.29. The molecule has 3 rings (SSSR count). The van der Waals surface area contributed by atoms with Crippen LogP contribution >= 0.6 is 0 Å². The fraction of sp³-hybridized carbons (Fsp3) is 0.333. The fourth-order valence-corrected chi connectivity index (χ4v) is 3.23. The molecule has 0 aliphatic heterocycles. The van der Waals surface area contributed by atoms with Crippen molar-refractivity contribution in [2.24, 2.45) is 0 Å². The first-order chi connectivity index (χ1) is 10.3. The summed E-state index contributed by atoms with van der Waals surface area (Å²) in [5.74, 6) is 0. The van der Waals surface area contributed by atoms with Crippen LogP contribution < -0.4 is 5.32 Å². The molecule has 1 N–H and O–H groups in total. The minimum absolute atomic E-state index is 0.0696. The van der Waals surface area contributed by atoms with Crippen molar-refractivity contribution in [2.75, 3.05) is 5.32 Å². The minimum Gasteiger partial charge on any atom is -0.378 e. The summed E-state index contributed by atoms with van der Waals surface area (Å²) in [5, 5.41) is 3.36. The monoisotopic (exact) mass is 305 g/mol. The van der Waals surface area contributed by atoms with Crippen molar-refractivity contribution in [1.82, 2.24) is 0 Å². The van der Waals surface area contributed by atoms with Crippen LogP contribution in [0.4, 0.5) is 18.9 Å². The van der Waals surface area contributed by atoms with Crippen molar-refractivity contribution in [1.29, 1.82) is 0 Å². The number of alkyl halides is 3. The number of hydrogen-bond donors (Lipinski definition) is 1. The Morgan fingerprint density at radius 1 is 1.00 bits per heavy atom. The van der Waals surface area contributed by atoms with Gasteiger partial charge in [0.15, 0.2) is 0 Å². The van der Waals surface area contributed by atoms with E-state index in [1.807, 2.05) is 12.1 Å². The molecule has 2 aromatic rings. The van der Waals surface area contributed by atoms with Crippen LogP contribution in [0.15, 0.2) is 48.5 Å². The molecule has 0 radical (unpaired) electrons. The molecule has 1 atom stereocenters. The number of benzene rings is 2. The standard InChI is InChI=1S/C18H18F3N/c1-17(2)11-16(14-5-3-4-6-15(14)17)22-13-9-7-12(8-10-13)18(19,20)21/h3-10,16,22H,11H2,1-2H3. The second kappa shape index (κ2) is 5.04. The first-order valence-electron chi connectivity index (χ1n) is 7.30. The van der Waals surface area contributed by atoms with Crippen molar-refractivity contribution in [3.8, 4) is 0 Å². The van der Waals surface area contributed by atoms with Crippen molar-refractivity contribution < 1.29 is 13.2 Å². The maximum atomic E-state index is 12.6. The van der Waals surface area contributed by atoms with Crippen LogP contribution in [0, 0.1) is 0 Å². The first-order valence-corrected chi connectivity index (χ1v) is 7.30. The lowest BCUT2D eigenvalue weighted by Gasteiger charge is -2.20. The molecule has 0 saturated heterocycles. The second-order valence-electron chi connectivity index (χ2n) is 6.45. The van der Waals surface area contributed by atoms with E-state index in [1.54, 1.807) is 0 Å². The largest absolute Gasteiger partial charge is 0.416 e. The summed E-state index contributed by atoms with van der Waals surface area (Å²) in [6, 6.07) is 13.6. The van der Waals surface area contributed by atoms with Crippen LogP contribution in [0.5, 0.6) is 0 Å². The zero-order chi connectivity index (χ0) is 16.0. The van der Waals surface area contributed by atoms with E-state index in [4.69, 9.17) is 0 Å². The molecule has 1 nitrogen and oxygen atoms in total. The quantitative estimate of drug-likeness (QED) is 0.768. The highest BCUT2D eigenvalue weighted by molar-refractivity contribution is 5.51. The summed E-state index contributed by atoms with van der Waals surface area (Å²) in [6.45, 7) is 4.39. The molecule has 0 fully saturated rings. The van der Waals surface area contributed by atoms with Crippen LogP contribution in [0.2, 0.25) is 0 Å². The first kappa shape index (κ1) is 14.9. The number of hydrogen-bond acceptors (Lipinski definition) is 1. The third-order valence-corrected chi connectivity index (χ3v) is 4.33. The predicted molar refractivity (Wildman–Crippen MR) is 81.9 cm³/mol. The Balaban J connectivity index is 1.83.